The minimum Gasteiger partial charge on any atom is -0.355 e. The third-order valence-corrected chi connectivity index (χ3v) is 6.92. The van der Waals surface area contributed by atoms with E-state index in [1.165, 1.54) is 21.9 Å². The van der Waals surface area contributed by atoms with Crippen LogP contribution in [-0.4, -0.2) is 15.1 Å². The van der Waals surface area contributed by atoms with Crippen LogP contribution < -0.4 is 0 Å². The predicted octanol–water partition coefficient (Wildman–Crippen LogP) is 7.25. The smallest absolute Gasteiger partial charge is 0.173 e. The minimum atomic E-state index is 0.435. The predicted molar refractivity (Wildman–Crippen MR) is 129 cm³/mol. The van der Waals surface area contributed by atoms with Crippen molar-refractivity contribution in [3.05, 3.63) is 82.5 Å². The van der Waals surface area contributed by atoms with Gasteiger partial charge in [-0.25, -0.2) is 4.98 Å². The lowest BCUT2D eigenvalue weighted by atomic mass is 9.90. The van der Waals surface area contributed by atoms with Gasteiger partial charge in [-0.1, -0.05) is 58.7 Å². The molecule has 154 valence electrons. The van der Waals surface area contributed by atoms with E-state index in [2.05, 4.69) is 64.5 Å². The molecule has 0 aliphatic heterocycles. The van der Waals surface area contributed by atoms with Crippen molar-refractivity contribution >= 4 is 44.2 Å². The van der Waals surface area contributed by atoms with Crippen LogP contribution in [-0.2, 0) is 12.8 Å². The summed E-state index contributed by atoms with van der Waals surface area (Å²) in [4.78, 5) is 8.25. The summed E-state index contributed by atoms with van der Waals surface area (Å²) >= 11 is 6.66. The van der Waals surface area contributed by atoms with E-state index < -0.39 is 0 Å². The number of aryl methyl sites for hydroxylation is 2. The highest BCUT2D eigenvalue weighted by Crippen LogP contribution is 2.43. The van der Waals surface area contributed by atoms with Gasteiger partial charge in [0.1, 0.15) is 10.8 Å². The number of rotatable bonds is 1. The molecule has 0 spiro atoms. The molecule has 0 fully saturated rings. The number of fused-ring (bicyclic) bond motifs is 8. The number of halogens is 1. The Labute approximate surface area is 188 Å². The summed E-state index contributed by atoms with van der Waals surface area (Å²) in [5.74, 6) is 0.716. The van der Waals surface area contributed by atoms with Crippen LogP contribution in [0.4, 0.5) is 0 Å². The molecule has 1 aliphatic rings. The van der Waals surface area contributed by atoms with Crippen molar-refractivity contribution in [2.24, 2.45) is 0 Å². The quantitative estimate of drug-likeness (QED) is 0.218. The number of benzene rings is 3. The zero-order valence-electron chi connectivity index (χ0n) is 17.4. The molecule has 32 heavy (non-hydrogen) atoms. The Morgan fingerprint density at radius 3 is 2.72 bits per heavy atom. The first kappa shape index (κ1) is 18.0. The van der Waals surface area contributed by atoms with Crippen LogP contribution in [0.15, 0.2) is 65.2 Å². The van der Waals surface area contributed by atoms with Crippen molar-refractivity contribution < 1.29 is 4.52 Å². The van der Waals surface area contributed by atoms with E-state index in [9.17, 15) is 0 Å². The maximum Gasteiger partial charge on any atom is 0.173 e. The van der Waals surface area contributed by atoms with Crippen LogP contribution in [0.3, 0.4) is 0 Å². The van der Waals surface area contributed by atoms with Gasteiger partial charge in [-0.05, 0) is 60.4 Å². The molecular weight excluding hydrogens is 418 g/mol. The number of aromatic nitrogens is 3. The van der Waals surface area contributed by atoms with Crippen molar-refractivity contribution in [2.45, 2.75) is 19.8 Å². The van der Waals surface area contributed by atoms with E-state index in [1.807, 2.05) is 18.2 Å². The summed E-state index contributed by atoms with van der Waals surface area (Å²) in [5, 5.41) is 9.57. The molecule has 3 heterocycles. The fraction of sp³-hybridized carbons (Fsp3) is 0.111. The first-order chi connectivity index (χ1) is 15.7. The van der Waals surface area contributed by atoms with Crippen molar-refractivity contribution in [3.8, 4) is 22.7 Å². The topological polar surface area (TPSA) is 54.7 Å². The van der Waals surface area contributed by atoms with Gasteiger partial charge in [0.15, 0.2) is 5.76 Å². The second-order valence-electron chi connectivity index (χ2n) is 8.55. The zero-order valence-corrected chi connectivity index (χ0v) is 18.1. The Bertz CT molecular complexity index is 1710. The average Bonchev–Trinajstić information content (AvgIpc) is 3.39. The van der Waals surface area contributed by atoms with E-state index in [-0.39, 0.29) is 0 Å². The SMILES string of the molecule is Cc1ccc2[nH]c3c(c2c1)CCc1c-3noc1-c1cc2c(ccc3ccccc32)nc1Cl. The van der Waals surface area contributed by atoms with Gasteiger partial charge in [-0.2, -0.15) is 0 Å². The molecule has 0 amide bonds. The fourth-order valence-electron chi connectivity index (χ4n) is 5.08. The third kappa shape index (κ3) is 2.44. The standard InChI is InChI=1S/C27H18ClN3O/c1-14-6-10-22-19(12-14)17-8-9-18-25(24(17)29-22)31-32-26(18)21-13-20-16-5-3-2-4-15(16)7-11-23(20)30-27(21)28/h2-7,10-13,29H,8-9H2,1H3. The number of hydrogen-bond donors (Lipinski definition) is 1. The number of pyridine rings is 1. The van der Waals surface area contributed by atoms with Gasteiger partial charge in [-0.15, -0.1) is 0 Å². The average molecular weight is 436 g/mol. The second kappa shape index (κ2) is 6.44. The highest BCUT2D eigenvalue weighted by molar-refractivity contribution is 6.33. The number of nitrogens with one attached hydrogen (secondary N) is 1. The molecule has 0 saturated carbocycles. The molecule has 4 nitrogen and oxygen atoms in total. The fourth-order valence-corrected chi connectivity index (χ4v) is 5.32. The Morgan fingerprint density at radius 2 is 1.78 bits per heavy atom. The molecule has 0 saturated heterocycles. The van der Waals surface area contributed by atoms with Crippen LogP contribution in [0.5, 0.6) is 0 Å². The van der Waals surface area contributed by atoms with Gasteiger partial charge in [0.25, 0.3) is 0 Å². The van der Waals surface area contributed by atoms with Gasteiger partial charge in [0, 0.05) is 21.9 Å². The molecule has 6 aromatic rings. The largest absolute Gasteiger partial charge is 0.355 e. The van der Waals surface area contributed by atoms with E-state index >= 15 is 0 Å². The summed E-state index contributed by atoms with van der Waals surface area (Å²) in [6, 6.07) is 21.0. The van der Waals surface area contributed by atoms with Gasteiger partial charge < -0.3 is 9.51 Å². The number of nitrogens with zero attached hydrogens (tertiary/aromatic N) is 2. The molecular formula is C27H18ClN3O. The second-order valence-corrected chi connectivity index (χ2v) is 8.90. The molecule has 0 atom stereocenters. The van der Waals surface area contributed by atoms with Crippen molar-refractivity contribution in [2.75, 3.05) is 0 Å². The molecule has 5 heteroatoms. The summed E-state index contributed by atoms with van der Waals surface area (Å²) in [6.45, 7) is 2.12. The van der Waals surface area contributed by atoms with Crippen molar-refractivity contribution in [1.82, 2.24) is 15.1 Å². The number of hydrogen-bond acceptors (Lipinski definition) is 3. The van der Waals surface area contributed by atoms with Gasteiger partial charge in [0.2, 0.25) is 0 Å². The van der Waals surface area contributed by atoms with Crippen molar-refractivity contribution in [1.29, 1.82) is 0 Å². The molecule has 0 unspecified atom stereocenters. The Balaban J connectivity index is 1.46. The maximum atomic E-state index is 6.66. The molecule has 3 aromatic heterocycles. The molecule has 0 radical (unpaired) electrons. The molecule has 0 bridgehead atoms. The summed E-state index contributed by atoms with van der Waals surface area (Å²) in [6.07, 6.45) is 1.79. The van der Waals surface area contributed by atoms with Gasteiger partial charge >= 0.3 is 0 Å². The first-order valence-corrected chi connectivity index (χ1v) is 11.1. The summed E-state index contributed by atoms with van der Waals surface area (Å²) < 4.78 is 5.93. The van der Waals surface area contributed by atoms with E-state index in [1.54, 1.807) is 0 Å². The number of H-pyrrole nitrogens is 1. The third-order valence-electron chi connectivity index (χ3n) is 6.63. The Kier molecular flexibility index (Phi) is 3.62. The minimum absolute atomic E-state index is 0.435. The molecule has 3 aromatic carbocycles. The van der Waals surface area contributed by atoms with Crippen LogP contribution in [0, 0.1) is 6.92 Å². The van der Waals surface area contributed by atoms with E-state index in [0.29, 0.717) is 10.9 Å². The molecule has 1 N–H and O–H groups in total. The Morgan fingerprint density at radius 1 is 0.906 bits per heavy atom. The molecule has 1 aliphatic carbocycles. The summed E-state index contributed by atoms with van der Waals surface area (Å²) in [5.41, 5.74) is 8.39. The van der Waals surface area contributed by atoms with Crippen LogP contribution in [0.25, 0.3) is 55.3 Å². The Hall–Kier alpha value is -3.63. The van der Waals surface area contributed by atoms with Gasteiger partial charge in [0.05, 0.1) is 16.8 Å². The number of aromatic amines is 1. The van der Waals surface area contributed by atoms with Crippen LogP contribution in [0.2, 0.25) is 5.15 Å². The maximum absolute atomic E-state index is 6.66. The normalized spacial score (nSPS) is 13.1. The highest BCUT2D eigenvalue weighted by atomic mass is 35.5. The monoisotopic (exact) mass is 435 g/mol. The highest BCUT2D eigenvalue weighted by Gasteiger charge is 2.29. The zero-order chi connectivity index (χ0) is 21.4. The lowest BCUT2D eigenvalue weighted by Crippen LogP contribution is -2.02. The van der Waals surface area contributed by atoms with E-state index in [4.69, 9.17) is 16.1 Å². The van der Waals surface area contributed by atoms with E-state index in [0.717, 1.165) is 57.2 Å². The lowest BCUT2D eigenvalue weighted by Gasteiger charge is -2.12. The van der Waals surface area contributed by atoms with Crippen LogP contribution in [0.1, 0.15) is 16.7 Å². The first-order valence-electron chi connectivity index (χ1n) is 10.8. The van der Waals surface area contributed by atoms with Gasteiger partial charge in [-0.3, -0.25) is 0 Å². The lowest BCUT2D eigenvalue weighted by molar-refractivity contribution is 0.434. The molecule has 7 rings (SSSR count). The van der Waals surface area contributed by atoms with Crippen molar-refractivity contribution in [3.63, 3.8) is 0 Å². The van der Waals surface area contributed by atoms with Crippen LogP contribution >= 0.6 is 11.6 Å². The summed E-state index contributed by atoms with van der Waals surface area (Å²) in [7, 11) is 0.